The van der Waals surface area contributed by atoms with Crippen LogP contribution in [0, 0.1) is 0 Å². The summed E-state index contributed by atoms with van der Waals surface area (Å²) in [5, 5.41) is 8.71. The molecule has 0 heterocycles. The van der Waals surface area contributed by atoms with Gasteiger partial charge in [-0.05, 0) is 35.4 Å². The van der Waals surface area contributed by atoms with E-state index >= 15 is 0 Å². The van der Waals surface area contributed by atoms with Gasteiger partial charge in [0.1, 0.15) is 5.75 Å². The van der Waals surface area contributed by atoms with E-state index in [1.54, 1.807) is 24.3 Å². The Morgan fingerprint density at radius 2 is 1.95 bits per heavy atom. The number of ether oxygens (including phenoxy) is 1. The third kappa shape index (κ3) is 4.28. The third-order valence-electron chi connectivity index (χ3n) is 3.12. The number of nitrogens with two attached hydrogens (primary N) is 2. The van der Waals surface area contributed by atoms with Gasteiger partial charge in [0.2, 0.25) is 0 Å². The van der Waals surface area contributed by atoms with Crippen molar-refractivity contribution in [2.45, 2.75) is 6.42 Å². The topological polar surface area (TPSA) is 98.6 Å². The van der Waals surface area contributed by atoms with Gasteiger partial charge in [-0.25, -0.2) is 4.79 Å². The first-order chi connectivity index (χ1) is 10.6. The Hall–Kier alpha value is -2.95. The van der Waals surface area contributed by atoms with Crippen molar-refractivity contribution >= 4 is 23.4 Å². The molecule has 0 bridgehead atoms. The summed E-state index contributed by atoms with van der Waals surface area (Å²) >= 11 is 0. The molecule has 0 atom stereocenters. The van der Waals surface area contributed by atoms with Crippen molar-refractivity contribution in [3.05, 3.63) is 59.7 Å². The molecule has 0 aromatic heterocycles. The van der Waals surface area contributed by atoms with Crippen LogP contribution in [-0.4, -0.2) is 17.7 Å². The second-order valence-corrected chi connectivity index (χ2v) is 4.77. The van der Waals surface area contributed by atoms with Crippen LogP contribution in [-0.2, 0) is 11.2 Å². The Balaban J connectivity index is 2.01. The molecule has 0 unspecified atom stereocenters. The van der Waals surface area contributed by atoms with Crippen molar-refractivity contribution in [3.8, 4) is 5.75 Å². The summed E-state index contributed by atoms with van der Waals surface area (Å²) in [5.74, 6) is -0.381. The number of aliphatic carboxylic acids is 1. The molecule has 0 aliphatic heterocycles. The zero-order valence-electron chi connectivity index (χ0n) is 12.0. The first-order valence-corrected chi connectivity index (χ1v) is 6.83. The minimum atomic E-state index is -0.972. The fourth-order valence-corrected chi connectivity index (χ4v) is 2.05. The number of carboxylic acid groups (broad SMARTS) is 1. The van der Waals surface area contributed by atoms with Crippen LogP contribution in [0.2, 0.25) is 0 Å². The van der Waals surface area contributed by atoms with Gasteiger partial charge in [-0.3, -0.25) is 0 Å². The number of carboxylic acids is 1. The summed E-state index contributed by atoms with van der Waals surface area (Å²) < 4.78 is 5.66. The molecule has 0 aliphatic rings. The fourth-order valence-electron chi connectivity index (χ4n) is 2.05. The molecule has 0 spiro atoms. The summed E-state index contributed by atoms with van der Waals surface area (Å²) in [5.41, 5.74) is 14.4. The summed E-state index contributed by atoms with van der Waals surface area (Å²) in [4.78, 5) is 10.6. The lowest BCUT2D eigenvalue weighted by Gasteiger charge is -2.10. The SMILES string of the molecule is Nc1ccc(OCCc2ccccc2/C=C/C(=O)O)c(N)c1. The summed E-state index contributed by atoms with van der Waals surface area (Å²) in [6.45, 7) is 0.437. The Bertz CT molecular complexity index is 696. The van der Waals surface area contributed by atoms with E-state index in [-0.39, 0.29) is 0 Å². The van der Waals surface area contributed by atoms with Crippen LogP contribution < -0.4 is 16.2 Å². The van der Waals surface area contributed by atoms with Gasteiger partial charge in [0.15, 0.2) is 0 Å². The summed E-state index contributed by atoms with van der Waals surface area (Å²) in [7, 11) is 0. The minimum Gasteiger partial charge on any atom is -0.491 e. The molecule has 22 heavy (non-hydrogen) atoms. The second kappa shape index (κ2) is 7.17. The first kappa shape index (κ1) is 15.4. The third-order valence-corrected chi connectivity index (χ3v) is 3.12. The number of carbonyl (C=O) groups is 1. The predicted octanol–water partition coefficient (Wildman–Crippen LogP) is 2.57. The lowest BCUT2D eigenvalue weighted by atomic mass is 10.0. The van der Waals surface area contributed by atoms with Crippen LogP contribution in [0.15, 0.2) is 48.5 Å². The van der Waals surface area contributed by atoms with Gasteiger partial charge in [-0.1, -0.05) is 24.3 Å². The molecule has 0 aliphatic carbocycles. The van der Waals surface area contributed by atoms with E-state index in [2.05, 4.69) is 0 Å². The average Bonchev–Trinajstić information content (AvgIpc) is 2.48. The smallest absolute Gasteiger partial charge is 0.328 e. The van der Waals surface area contributed by atoms with Crippen molar-refractivity contribution in [1.82, 2.24) is 0 Å². The molecule has 5 N–H and O–H groups in total. The first-order valence-electron chi connectivity index (χ1n) is 6.83. The zero-order chi connectivity index (χ0) is 15.9. The maximum Gasteiger partial charge on any atom is 0.328 e. The molecule has 0 fully saturated rings. The Morgan fingerprint density at radius 3 is 2.68 bits per heavy atom. The zero-order valence-corrected chi connectivity index (χ0v) is 12.0. The molecule has 5 nitrogen and oxygen atoms in total. The number of rotatable bonds is 6. The van der Waals surface area contributed by atoms with Gasteiger partial charge in [-0.2, -0.15) is 0 Å². The molecule has 2 aromatic carbocycles. The normalized spacial score (nSPS) is 10.7. The monoisotopic (exact) mass is 298 g/mol. The molecular formula is C17H18N2O3. The van der Waals surface area contributed by atoms with Crippen LogP contribution in [0.3, 0.4) is 0 Å². The van der Waals surface area contributed by atoms with Crippen LogP contribution in [0.25, 0.3) is 6.08 Å². The van der Waals surface area contributed by atoms with Gasteiger partial charge in [0.05, 0.1) is 12.3 Å². The lowest BCUT2D eigenvalue weighted by molar-refractivity contribution is -0.131. The average molecular weight is 298 g/mol. The number of hydrogen-bond donors (Lipinski definition) is 3. The molecule has 0 saturated heterocycles. The highest BCUT2D eigenvalue weighted by Crippen LogP contribution is 2.23. The van der Waals surface area contributed by atoms with Crippen LogP contribution in [0.1, 0.15) is 11.1 Å². The Labute approximate surface area is 128 Å². The Kier molecular flexibility index (Phi) is 5.03. The van der Waals surface area contributed by atoms with Crippen molar-refractivity contribution < 1.29 is 14.6 Å². The van der Waals surface area contributed by atoms with E-state index in [9.17, 15) is 4.79 Å². The van der Waals surface area contributed by atoms with E-state index < -0.39 is 5.97 Å². The minimum absolute atomic E-state index is 0.437. The van der Waals surface area contributed by atoms with E-state index in [4.69, 9.17) is 21.3 Å². The molecule has 2 aromatic rings. The van der Waals surface area contributed by atoms with Crippen LogP contribution in [0.5, 0.6) is 5.75 Å². The molecule has 114 valence electrons. The number of anilines is 2. The van der Waals surface area contributed by atoms with E-state index in [1.165, 1.54) is 0 Å². The maximum absolute atomic E-state index is 10.6. The van der Waals surface area contributed by atoms with Crippen molar-refractivity contribution in [2.75, 3.05) is 18.1 Å². The quantitative estimate of drug-likeness (QED) is 0.562. The number of benzene rings is 2. The largest absolute Gasteiger partial charge is 0.491 e. The predicted molar refractivity (Wildman–Crippen MR) is 87.6 cm³/mol. The van der Waals surface area contributed by atoms with Crippen molar-refractivity contribution in [2.24, 2.45) is 0 Å². The van der Waals surface area contributed by atoms with Gasteiger partial charge >= 0.3 is 5.97 Å². The molecule has 5 heteroatoms. The Morgan fingerprint density at radius 1 is 1.18 bits per heavy atom. The van der Waals surface area contributed by atoms with E-state index in [1.807, 2.05) is 24.3 Å². The molecule has 0 saturated carbocycles. The lowest BCUT2D eigenvalue weighted by Crippen LogP contribution is -2.05. The second-order valence-electron chi connectivity index (χ2n) is 4.77. The van der Waals surface area contributed by atoms with Gasteiger partial charge in [-0.15, -0.1) is 0 Å². The number of hydrogen-bond acceptors (Lipinski definition) is 4. The summed E-state index contributed by atoms with van der Waals surface area (Å²) in [6, 6.07) is 12.7. The molecule has 0 amide bonds. The number of nitrogen functional groups attached to an aromatic ring is 2. The fraction of sp³-hybridized carbons (Fsp3) is 0.118. The highest BCUT2D eigenvalue weighted by atomic mass is 16.5. The highest BCUT2D eigenvalue weighted by Gasteiger charge is 2.03. The molecule has 2 rings (SSSR count). The van der Waals surface area contributed by atoms with Gasteiger partial charge in [0.25, 0.3) is 0 Å². The van der Waals surface area contributed by atoms with Crippen molar-refractivity contribution in [3.63, 3.8) is 0 Å². The van der Waals surface area contributed by atoms with Gasteiger partial charge in [0, 0.05) is 18.2 Å². The van der Waals surface area contributed by atoms with Crippen molar-refractivity contribution in [1.29, 1.82) is 0 Å². The standard InChI is InChI=1S/C17H18N2O3/c18-14-6-7-16(15(19)11-14)22-10-9-13-4-2-1-3-12(13)5-8-17(20)21/h1-8,11H,9-10,18-19H2,(H,20,21)/b8-5+. The molecular weight excluding hydrogens is 280 g/mol. The van der Waals surface area contributed by atoms with E-state index in [0.29, 0.717) is 30.2 Å². The summed E-state index contributed by atoms with van der Waals surface area (Å²) in [6.07, 6.45) is 3.34. The van der Waals surface area contributed by atoms with E-state index in [0.717, 1.165) is 17.2 Å². The highest BCUT2D eigenvalue weighted by molar-refractivity contribution is 5.85. The maximum atomic E-state index is 10.6. The van der Waals surface area contributed by atoms with Crippen LogP contribution in [0.4, 0.5) is 11.4 Å². The molecule has 0 radical (unpaired) electrons. The van der Waals surface area contributed by atoms with Gasteiger partial charge < -0.3 is 21.3 Å². The van der Waals surface area contributed by atoms with Crippen LogP contribution >= 0.6 is 0 Å².